The van der Waals surface area contributed by atoms with Gasteiger partial charge in [0.25, 0.3) is 5.91 Å². The van der Waals surface area contributed by atoms with Gasteiger partial charge < -0.3 is 14.7 Å². The first kappa shape index (κ1) is 14.8. The summed E-state index contributed by atoms with van der Waals surface area (Å²) < 4.78 is 6.41. The van der Waals surface area contributed by atoms with Crippen LogP contribution in [0, 0.1) is 5.92 Å². The molecule has 2 rings (SSSR count). The number of rotatable bonds is 4. The Morgan fingerprint density at radius 2 is 2.15 bits per heavy atom. The molecule has 1 aliphatic heterocycles. The van der Waals surface area contributed by atoms with Crippen molar-refractivity contribution >= 4 is 27.8 Å². The van der Waals surface area contributed by atoms with Gasteiger partial charge in [-0.05, 0) is 41.4 Å². The molecule has 0 bridgehead atoms. The van der Waals surface area contributed by atoms with Gasteiger partial charge in [-0.1, -0.05) is 12.1 Å². The normalized spacial score (nSPS) is 19.7. The number of nitrogens with zero attached hydrogens (tertiary/aromatic N) is 1. The SMILES string of the molecule is C[C@@H](Oc1ccccc1Br)C(=O)N1CC[C@H](C(=O)O)C1. The highest BCUT2D eigenvalue weighted by Gasteiger charge is 2.33. The highest BCUT2D eigenvalue weighted by Crippen LogP contribution is 2.26. The van der Waals surface area contributed by atoms with Crippen molar-refractivity contribution in [2.45, 2.75) is 19.4 Å². The molecule has 2 atom stereocenters. The number of halogens is 1. The molecule has 0 radical (unpaired) electrons. The Hall–Kier alpha value is -1.56. The first-order valence-corrected chi connectivity index (χ1v) is 7.21. The summed E-state index contributed by atoms with van der Waals surface area (Å²) in [6.07, 6.45) is -0.135. The summed E-state index contributed by atoms with van der Waals surface area (Å²) in [7, 11) is 0. The minimum atomic E-state index is -0.848. The first-order valence-electron chi connectivity index (χ1n) is 6.42. The third kappa shape index (κ3) is 3.30. The fraction of sp³-hybridized carbons (Fsp3) is 0.429. The molecule has 1 aromatic rings. The molecular formula is C14H16BrNO4. The first-order chi connectivity index (χ1) is 9.49. The second-order valence-corrected chi connectivity index (χ2v) is 5.65. The predicted octanol–water partition coefficient (Wildman–Crippen LogP) is 2.15. The maximum atomic E-state index is 12.2. The Morgan fingerprint density at radius 1 is 1.45 bits per heavy atom. The molecule has 0 aromatic heterocycles. The summed E-state index contributed by atoms with van der Waals surface area (Å²) in [5, 5.41) is 8.95. The van der Waals surface area contributed by atoms with E-state index in [4.69, 9.17) is 9.84 Å². The van der Waals surface area contributed by atoms with Gasteiger partial charge in [-0.2, -0.15) is 0 Å². The Balaban J connectivity index is 1.96. The highest BCUT2D eigenvalue weighted by atomic mass is 79.9. The average molecular weight is 342 g/mol. The number of aliphatic carboxylic acids is 1. The second kappa shape index (κ2) is 6.26. The summed E-state index contributed by atoms with van der Waals surface area (Å²) in [6.45, 7) is 2.41. The quantitative estimate of drug-likeness (QED) is 0.911. The topological polar surface area (TPSA) is 66.8 Å². The summed E-state index contributed by atoms with van der Waals surface area (Å²) in [4.78, 5) is 24.7. The van der Waals surface area contributed by atoms with Crippen LogP contribution in [0.25, 0.3) is 0 Å². The van der Waals surface area contributed by atoms with Gasteiger partial charge in [-0.25, -0.2) is 0 Å². The molecule has 20 heavy (non-hydrogen) atoms. The summed E-state index contributed by atoms with van der Waals surface area (Å²) in [5.74, 6) is -0.888. The molecule has 0 spiro atoms. The van der Waals surface area contributed by atoms with Crippen LogP contribution in [0.4, 0.5) is 0 Å². The van der Waals surface area contributed by atoms with E-state index in [2.05, 4.69) is 15.9 Å². The molecule has 1 saturated heterocycles. The van der Waals surface area contributed by atoms with Gasteiger partial charge in [-0.3, -0.25) is 9.59 Å². The molecule has 1 fully saturated rings. The van der Waals surface area contributed by atoms with E-state index in [0.717, 1.165) is 4.47 Å². The number of carboxylic acids is 1. The van der Waals surface area contributed by atoms with Crippen LogP contribution in [0.2, 0.25) is 0 Å². The van der Waals surface area contributed by atoms with E-state index < -0.39 is 18.0 Å². The van der Waals surface area contributed by atoms with E-state index in [-0.39, 0.29) is 12.5 Å². The van der Waals surface area contributed by atoms with E-state index in [1.165, 1.54) is 0 Å². The lowest BCUT2D eigenvalue weighted by Gasteiger charge is -2.21. The van der Waals surface area contributed by atoms with E-state index in [0.29, 0.717) is 18.7 Å². The number of hydrogen-bond acceptors (Lipinski definition) is 3. The molecule has 0 unspecified atom stereocenters. The molecule has 1 amide bonds. The fourth-order valence-corrected chi connectivity index (χ4v) is 2.58. The number of carbonyl (C=O) groups is 2. The van der Waals surface area contributed by atoms with Crippen molar-refractivity contribution in [1.29, 1.82) is 0 Å². The van der Waals surface area contributed by atoms with E-state index in [9.17, 15) is 9.59 Å². The van der Waals surface area contributed by atoms with Crippen LogP contribution in [-0.2, 0) is 9.59 Å². The Kier molecular flexibility index (Phi) is 4.65. The minimum Gasteiger partial charge on any atom is -0.481 e. The van der Waals surface area contributed by atoms with Gasteiger partial charge in [-0.15, -0.1) is 0 Å². The highest BCUT2D eigenvalue weighted by molar-refractivity contribution is 9.10. The largest absolute Gasteiger partial charge is 0.481 e. The fourth-order valence-electron chi connectivity index (χ4n) is 2.20. The Morgan fingerprint density at radius 3 is 2.75 bits per heavy atom. The van der Waals surface area contributed by atoms with Crippen molar-refractivity contribution in [2.24, 2.45) is 5.92 Å². The summed E-state index contributed by atoms with van der Waals surface area (Å²) >= 11 is 3.36. The Labute approximate surface area is 125 Å². The smallest absolute Gasteiger partial charge is 0.308 e. The zero-order valence-electron chi connectivity index (χ0n) is 11.1. The van der Waals surface area contributed by atoms with Gasteiger partial charge in [0.2, 0.25) is 0 Å². The number of para-hydroxylation sites is 1. The lowest BCUT2D eigenvalue weighted by Crippen LogP contribution is -2.39. The van der Waals surface area contributed by atoms with Crippen LogP contribution in [0.3, 0.4) is 0 Å². The number of amides is 1. The van der Waals surface area contributed by atoms with Crippen molar-refractivity contribution in [2.75, 3.05) is 13.1 Å². The van der Waals surface area contributed by atoms with Crippen molar-refractivity contribution in [3.8, 4) is 5.75 Å². The van der Waals surface area contributed by atoms with Crippen LogP contribution in [-0.4, -0.2) is 41.1 Å². The lowest BCUT2D eigenvalue weighted by atomic mass is 10.1. The van der Waals surface area contributed by atoms with E-state index >= 15 is 0 Å². The van der Waals surface area contributed by atoms with Crippen LogP contribution < -0.4 is 4.74 Å². The molecule has 6 heteroatoms. The second-order valence-electron chi connectivity index (χ2n) is 4.80. The van der Waals surface area contributed by atoms with Gasteiger partial charge in [0, 0.05) is 13.1 Å². The number of benzene rings is 1. The molecule has 1 aliphatic rings. The van der Waals surface area contributed by atoms with Gasteiger partial charge in [0.1, 0.15) is 5.75 Å². The van der Waals surface area contributed by atoms with Crippen molar-refractivity contribution in [1.82, 2.24) is 4.90 Å². The van der Waals surface area contributed by atoms with E-state index in [1.54, 1.807) is 17.9 Å². The molecule has 0 saturated carbocycles. The molecule has 1 heterocycles. The number of hydrogen-bond donors (Lipinski definition) is 1. The third-order valence-electron chi connectivity index (χ3n) is 3.34. The molecule has 108 valence electrons. The molecule has 1 N–H and O–H groups in total. The average Bonchev–Trinajstić information content (AvgIpc) is 2.90. The lowest BCUT2D eigenvalue weighted by molar-refractivity contribution is -0.142. The third-order valence-corrected chi connectivity index (χ3v) is 3.99. The van der Waals surface area contributed by atoms with Crippen molar-refractivity contribution in [3.63, 3.8) is 0 Å². The van der Waals surface area contributed by atoms with Crippen molar-refractivity contribution in [3.05, 3.63) is 28.7 Å². The van der Waals surface area contributed by atoms with Gasteiger partial charge in [0.05, 0.1) is 10.4 Å². The van der Waals surface area contributed by atoms with Crippen LogP contribution >= 0.6 is 15.9 Å². The zero-order valence-corrected chi connectivity index (χ0v) is 12.7. The van der Waals surface area contributed by atoms with Crippen molar-refractivity contribution < 1.29 is 19.4 Å². The van der Waals surface area contributed by atoms with E-state index in [1.807, 2.05) is 18.2 Å². The molecule has 1 aromatic carbocycles. The number of ether oxygens (including phenoxy) is 1. The summed E-state index contributed by atoms with van der Waals surface area (Å²) in [5.41, 5.74) is 0. The summed E-state index contributed by atoms with van der Waals surface area (Å²) in [6, 6.07) is 7.30. The zero-order chi connectivity index (χ0) is 14.7. The monoisotopic (exact) mass is 341 g/mol. The number of carboxylic acid groups (broad SMARTS) is 1. The number of likely N-dealkylation sites (tertiary alicyclic amines) is 1. The Bertz CT molecular complexity index is 520. The van der Waals surface area contributed by atoms with Gasteiger partial charge >= 0.3 is 5.97 Å². The maximum absolute atomic E-state index is 12.2. The van der Waals surface area contributed by atoms with Gasteiger partial charge in [0.15, 0.2) is 6.10 Å². The maximum Gasteiger partial charge on any atom is 0.308 e. The number of carbonyl (C=O) groups excluding carboxylic acids is 1. The standard InChI is InChI=1S/C14H16BrNO4/c1-9(20-12-5-3-2-4-11(12)15)13(17)16-7-6-10(8-16)14(18)19/h2-5,9-10H,6-8H2,1H3,(H,18,19)/t9-,10+/m1/s1. The molecular weight excluding hydrogens is 326 g/mol. The minimum absolute atomic E-state index is 0.176. The molecule has 5 nitrogen and oxygen atoms in total. The van der Waals surface area contributed by atoms with Crippen LogP contribution in [0.15, 0.2) is 28.7 Å². The van der Waals surface area contributed by atoms with Crippen LogP contribution in [0.5, 0.6) is 5.75 Å². The molecule has 0 aliphatic carbocycles. The predicted molar refractivity (Wildman–Crippen MR) is 76.6 cm³/mol. The van der Waals surface area contributed by atoms with Crippen LogP contribution in [0.1, 0.15) is 13.3 Å².